The van der Waals surface area contributed by atoms with E-state index in [2.05, 4.69) is 21.2 Å². The highest BCUT2D eigenvalue weighted by Crippen LogP contribution is 2.33. The van der Waals surface area contributed by atoms with Gasteiger partial charge < -0.3 is 14.8 Å². The maximum absolute atomic E-state index is 12.5. The average molecular weight is 410 g/mol. The molecule has 1 heterocycles. The van der Waals surface area contributed by atoms with E-state index in [4.69, 9.17) is 9.47 Å². The van der Waals surface area contributed by atoms with Gasteiger partial charge in [-0.1, -0.05) is 34.1 Å². The number of hydrogen-bond donors (Lipinski definition) is 1. The van der Waals surface area contributed by atoms with E-state index in [0.717, 1.165) is 10.0 Å². The number of amides is 1. The van der Waals surface area contributed by atoms with Crippen molar-refractivity contribution >= 4 is 33.8 Å². The number of rotatable bonds is 7. The second-order valence-corrected chi connectivity index (χ2v) is 6.37. The van der Waals surface area contributed by atoms with Crippen molar-refractivity contribution in [2.24, 2.45) is 5.92 Å². The highest BCUT2D eigenvalue weighted by Gasteiger charge is 2.43. The zero-order chi connectivity index (χ0) is 18.4. The summed E-state index contributed by atoms with van der Waals surface area (Å²) in [5, 5.41) is 2.76. The van der Waals surface area contributed by atoms with Crippen molar-refractivity contribution in [2.45, 2.75) is 25.8 Å². The number of nitrogens with one attached hydrogen (secondary N) is 1. The van der Waals surface area contributed by atoms with Gasteiger partial charge in [-0.3, -0.25) is 14.4 Å². The molecule has 0 aliphatic carbocycles. The largest absolute Gasteiger partial charge is 0.465 e. The van der Waals surface area contributed by atoms with Crippen molar-refractivity contribution in [1.82, 2.24) is 5.32 Å². The summed E-state index contributed by atoms with van der Waals surface area (Å²) in [5.74, 6) is -3.39. The van der Waals surface area contributed by atoms with Gasteiger partial charge in [0.25, 0.3) is 0 Å². The van der Waals surface area contributed by atoms with Gasteiger partial charge in [0.15, 0.2) is 5.92 Å². The van der Waals surface area contributed by atoms with Crippen LogP contribution in [0, 0.1) is 5.92 Å². The molecular formula is C18H20BrNO5. The molecule has 134 valence electrons. The third-order valence-corrected chi connectivity index (χ3v) is 4.37. The molecule has 0 spiro atoms. The molecule has 2 atom stereocenters. The Balaban J connectivity index is 2.46. The van der Waals surface area contributed by atoms with Crippen molar-refractivity contribution in [3.05, 3.63) is 46.5 Å². The van der Waals surface area contributed by atoms with Gasteiger partial charge in [0, 0.05) is 16.5 Å². The zero-order valence-electron chi connectivity index (χ0n) is 14.0. The molecule has 0 aromatic heterocycles. The summed E-state index contributed by atoms with van der Waals surface area (Å²) in [5.41, 5.74) is 0.728. The topological polar surface area (TPSA) is 81.7 Å². The minimum absolute atomic E-state index is 0.147. The van der Waals surface area contributed by atoms with Gasteiger partial charge in [0.05, 0.1) is 19.3 Å². The van der Waals surface area contributed by atoms with Gasteiger partial charge >= 0.3 is 11.9 Å². The smallest absolute Gasteiger partial charge is 0.321 e. The molecule has 7 heteroatoms. The first-order valence-electron chi connectivity index (χ1n) is 8.05. The molecule has 1 aliphatic heterocycles. The molecule has 1 amide bonds. The van der Waals surface area contributed by atoms with Crippen molar-refractivity contribution < 1.29 is 23.9 Å². The van der Waals surface area contributed by atoms with E-state index in [1.165, 1.54) is 6.08 Å². The predicted octanol–water partition coefficient (Wildman–Crippen LogP) is 2.33. The van der Waals surface area contributed by atoms with E-state index in [-0.39, 0.29) is 19.1 Å². The Morgan fingerprint density at radius 2 is 1.68 bits per heavy atom. The summed E-state index contributed by atoms with van der Waals surface area (Å²) in [6.45, 7) is 3.64. The van der Waals surface area contributed by atoms with Gasteiger partial charge in [-0.15, -0.1) is 0 Å². The average Bonchev–Trinajstić information content (AvgIpc) is 3.00. The molecular weight excluding hydrogens is 390 g/mol. The zero-order valence-corrected chi connectivity index (χ0v) is 15.6. The van der Waals surface area contributed by atoms with Crippen LogP contribution in [0.15, 0.2) is 40.9 Å². The van der Waals surface area contributed by atoms with E-state index in [1.807, 2.05) is 12.1 Å². The Labute approximate surface area is 154 Å². The SMILES string of the molecule is CCOC(=O)C(C(=O)OCC)[C@@H](c1ccc(Br)cc1)[C@@H]1C=CC(=O)N1. The number of ether oxygens (including phenoxy) is 2. The number of carbonyl (C=O) groups is 3. The van der Waals surface area contributed by atoms with Crippen molar-refractivity contribution in [1.29, 1.82) is 0 Å². The lowest BCUT2D eigenvalue weighted by atomic mass is 9.80. The molecule has 0 unspecified atom stereocenters. The number of carbonyl (C=O) groups excluding carboxylic acids is 3. The number of benzene rings is 1. The second kappa shape index (κ2) is 8.80. The van der Waals surface area contributed by atoms with E-state index in [1.54, 1.807) is 32.1 Å². The Bertz CT molecular complexity index is 653. The van der Waals surface area contributed by atoms with Crippen LogP contribution in [0.4, 0.5) is 0 Å². The van der Waals surface area contributed by atoms with Crippen LogP contribution in [-0.2, 0) is 23.9 Å². The lowest BCUT2D eigenvalue weighted by molar-refractivity contribution is -0.163. The Hall–Kier alpha value is -2.15. The molecule has 2 rings (SSSR count). The van der Waals surface area contributed by atoms with E-state index < -0.39 is 29.8 Å². The first-order chi connectivity index (χ1) is 12.0. The maximum atomic E-state index is 12.5. The molecule has 0 fully saturated rings. The molecule has 1 aromatic carbocycles. The van der Waals surface area contributed by atoms with Crippen LogP contribution < -0.4 is 5.32 Å². The summed E-state index contributed by atoms with van der Waals surface area (Å²) < 4.78 is 11.1. The van der Waals surface area contributed by atoms with Crippen LogP contribution >= 0.6 is 15.9 Å². The number of halogens is 1. The molecule has 1 aliphatic rings. The molecule has 0 bridgehead atoms. The fourth-order valence-electron chi connectivity index (χ4n) is 2.81. The molecule has 0 saturated carbocycles. The highest BCUT2D eigenvalue weighted by molar-refractivity contribution is 9.10. The molecule has 0 radical (unpaired) electrons. The Morgan fingerprint density at radius 3 is 2.12 bits per heavy atom. The minimum atomic E-state index is -1.17. The quantitative estimate of drug-likeness (QED) is 0.551. The lowest BCUT2D eigenvalue weighted by Crippen LogP contribution is -2.43. The van der Waals surface area contributed by atoms with Crippen LogP contribution in [0.25, 0.3) is 0 Å². The molecule has 1 N–H and O–H groups in total. The summed E-state index contributed by atoms with van der Waals surface area (Å²) >= 11 is 3.37. The minimum Gasteiger partial charge on any atom is -0.465 e. The van der Waals surface area contributed by atoms with Crippen molar-refractivity contribution in [2.75, 3.05) is 13.2 Å². The normalized spacial score (nSPS) is 17.3. The third-order valence-electron chi connectivity index (χ3n) is 3.85. The Kier molecular flexibility index (Phi) is 6.75. The van der Waals surface area contributed by atoms with Gasteiger partial charge in [-0.2, -0.15) is 0 Å². The molecule has 25 heavy (non-hydrogen) atoms. The number of hydrogen-bond acceptors (Lipinski definition) is 5. The maximum Gasteiger partial charge on any atom is 0.321 e. The highest BCUT2D eigenvalue weighted by atomic mass is 79.9. The molecule has 0 saturated heterocycles. The Morgan fingerprint density at radius 1 is 1.12 bits per heavy atom. The molecule has 1 aromatic rings. The predicted molar refractivity (Wildman–Crippen MR) is 94.7 cm³/mol. The fraction of sp³-hybridized carbons (Fsp3) is 0.389. The van der Waals surface area contributed by atoms with Crippen LogP contribution in [-0.4, -0.2) is 37.1 Å². The van der Waals surface area contributed by atoms with Crippen molar-refractivity contribution in [3.8, 4) is 0 Å². The van der Waals surface area contributed by atoms with Crippen LogP contribution in [0.1, 0.15) is 25.3 Å². The van der Waals surface area contributed by atoms with Crippen LogP contribution in [0.3, 0.4) is 0 Å². The lowest BCUT2D eigenvalue weighted by Gasteiger charge is -2.28. The summed E-state index contributed by atoms with van der Waals surface area (Å²) in [7, 11) is 0. The van der Waals surface area contributed by atoms with Gasteiger partial charge in [-0.05, 0) is 31.5 Å². The third kappa shape index (κ3) is 4.69. The monoisotopic (exact) mass is 409 g/mol. The first kappa shape index (κ1) is 19.2. The van der Waals surface area contributed by atoms with Gasteiger partial charge in [-0.25, -0.2) is 0 Å². The second-order valence-electron chi connectivity index (χ2n) is 5.45. The van der Waals surface area contributed by atoms with E-state index in [9.17, 15) is 14.4 Å². The van der Waals surface area contributed by atoms with Gasteiger partial charge in [0.1, 0.15) is 0 Å². The number of esters is 2. The fourth-order valence-corrected chi connectivity index (χ4v) is 3.07. The van der Waals surface area contributed by atoms with Crippen LogP contribution in [0.5, 0.6) is 0 Å². The first-order valence-corrected chi connectivity index (χ1v) is 8.84. The molecule has 6 nitrogen and oxygen atoms in total. The van der Waals surface area contributed by atoms with Crippen LogP contribution in [0.2, 0.25) is 0 Å². The van der Waals surface area contributed by atoms with Gasteiger partial charge in [0.2, 0.25) is 5.91 Å². The van der Waals surface area contributed by atoms with Crippen molar-refractivity contribution in [3.63, 3.8) is 0 Å². The summed E-state index contributed by atoms with van der Waals surface area (Å²) in [6.07, 6.45) is 3.05. The van der Waals surface area contributed by atoms with E-state index >= 15 is 0 Å². The summed E-state index contributed by atoms with van der Waals surface area (Å²) in [4.78, 5) is 36.6. The summed E-state index contributed by atoms with van der Waals surface area (Å²) in [6, 6.07) is 6.73. The standard InChI is InChI=1S/C18H20BrNO5/c1-3-24-17(22)16(18(23)25-4-2)15(13-9-10-14(21)20-13)11-5-7-12(19)8-6-11/h5-10,13,15-16H,3-4H2,1-2H3,(H,20,21)/t13-,15-/m0/s1. The van der Waals surface area contributed by atoms with E-state index in [0.29, 0.717) is 0 Å².